The smallest absolute Gasteiger partial charge is 0.407 e. The molecule has 31 heavy (non-hydrogen) atoms. The summed E-state index contributed by atoms with van der Waals surface area (Å²) in [6.45, 7) is 7.60. The van der Waals surface area contributed by atoms with Crippen molar-refractivity contribution in [3.8, 4) is 6.07 Å². The van der Waals surface area contributed by atoms with E-state index in [1.54, 1.807) is 6.08 Å². The van der Waals surface area contributed by atoms with Crippen molar-refractivity contribution in [1.82, 2.24) is 5.32 Å². The van der Waals surface area contributed by atoms with Crippen LogP contribution in [0.4, 0.5) is 9.80 Å². The Bertz CT molecular complexity index is 966. The van der Waals surface area contributed by atoms with E-state index < -0.39 is 0 Å². The summed E-state index contributed by atoms with van der Waals surface area (Å²) in [6.07, 6.45) is 10.9. The highest BCUT2D eigenvalue weighted by atomic mass is 32.1. The van der Waals surface area contributed by atoms with Gasteiger partial charge < -0.3 is 15.4 Å². The molecule has 162 valence electrons. The van der Waals surface area contributed by atoms with Crippen LogP contribution in [-0.4, -0.2) is 30.9 Å². The lowest BCUT2D eigenvalue weighted by Gasteiger charge is -2.27. The van der Waals surface area contributed by atoms with E-state index in [0.29, 0.717) is 22.7 Å². The Morgan fingerprint density at radius 3 is 2.81 bits per heavy atom. The topological polar surface area (TPSA) is 104 Å². The molecule has 0 bridgehead atoms. The molecule has 0 saturated heterocycles. The molecule has 2 aliphatic carbocycles. The van der Waals surface area contributed by atoms with Gasteiger partial charge in [-0.1, -0.05) is 13.2 Å². The maximum Gasteiger partial charge on any atom is 0.407 e. The van der Waals surface area contributed by atoms with Crippen LogP contribution in [0, 0.1) is 17.2 Å². The summed E-state index contributed by atoms with van der Waals surface area (Å²) in [5.41, 5.74) is 2.07. The molecular weight excluding hydrogens is 412 g/mol. The van der Waals surface area contributed by atoms with Gasteiger partial charge in [0.1, 0.15) is 11.1 Å². The van der Waals surface area contributed by atoms with Crippen molar-refractivity contribution in [2.24, 2.45) is 10.9 Å². The van der Waals surface area contributed by atoms with E-state index in [0.717, 1.165) is 49.0 Å². The van der Waals surface area contributed by atoms with Gasteiger partial charge in [0.25, 0.3) is 0 Å². The number of nitrogens with one attached hydrogen (secondary N) is 2. The third-order valence-corrected chi connectivity index (χ3v) is 6.56. The average molecular weight is 439 g/mol. The standard InChI is InChI=1S/C23H26N4O3S/c1-3-25-13-15(2)7-10-21(28)27-22-19(12-24)18-9-8-16(11-20(18)31-22)14-30-23(29)26-17-5-4-6-17/h3,7,10,13,16-17H,1-2,4-6,8-9,11,14H2,(H,26,29)(H,27,28)/b10-7+,25-13?. The zero-order chi connectivity index (χ0) is 22.2. The molecule has 8 heteroatoms. The lowest BCUT2D eigenvalue weighted by atomic mass is 9.88. The third kappa shape index (κ3) is 6.15. The van der Waals surface area contributed by atoms with Crippen LogP contribution in [0.15, 0.2) is 42.1 Å². The van der Waals surface area contributed by atoms with Gasteiger partial charge in [-0.3, -0.25) is 9.79 Å². The van der Waals surface area contributed by atoms with Crippen molar-refractivity contribution < 1.29 is 14.3 Å². The SMILES string of the molecule is C=CN=CC(=C)/C=C/C(=O)Nc1sc2c(c1C#N)CCC(COC(=O)NC1CCC1)C2. The zero-order valence-corrected chi connectivity index (χ0v) is 18.2. The maximum atomic E-state index is 12.3. The molecule has 1 heterocycles. The molecule has 1 unspecified atom stereocenters. The molecule has 7 nitrogen and oxygen atoms in total. The first-order chi connectivity index (χ1) is 15.0. The lowest BCUT2D eigenvalue weighted by Crippen LogP contribution is -2.40. The van der Waals surface area contributed by atoms with Crippen LogP contribution in [0.1, 0.15) is 41.7 Å². The van der Waals surface area contributed by atoms with Crippen LogP contribution in [0.25, 0.3) is 0 Å². The van der Waals surface area contributed by atoms with Gasteiger partial charge in [-0.2, -0.15) is 5.26 Å². The van der Waals surface area contributed by atoms with E-state index in [1.165, 1.54) is 29.8 Å². The van der Waals surface area contributed by atoms with E-state index in [2.05, 4.69) is 34.9 Å². The molecule has 0 aliphatic heterocycles. The number of aliphatic imine (C=N–C) groups is 1. The Labute approximate surface area is 186 Å². The number of hydrogen-bond donors (Lipinski definition) is 2. The van der Waals surface area contributed by atoms with Crippen molar-refractivity contribution >= 4 is 34.6 Å². The largest absolute Gasteiger partial charge is 0.449 e. The Balaban J connectivity index is 1.57. The fourth-order valence-electron chi connectivity index (χ4n) is 3.49. The number of fused-ring (bicyclic) bond motifs is 1. The first-order valence-corrected chi connectivity index (χ1v) is 11.1. The third-order valence-electron chi connectivity index (χ3n) is 5.39. The molecule has 2 N–H and O–H groups in total. The highest BCUT2D eigenvalue weighted by molar-refractivity contribution is 7.16. The van der Waals surface area contributed by atoms with Gasteiger partial charge >= 0.3 is 6.09 Å². The van der Waals surface area contributed by atoms with Gasteiger partial charge in [-0.25, -0.2) is 4.79 Å². The Morgan fingerprint density at radius 2 is 2.13 bits per heavy atom. The first-order valence-electron chi connectivity index (χ1n) is 10.3. The van der Waals surface area contributed by atoms with E-state index in [-0.39, 0.29) is 24.0 Å². The molecule has 1 aromatic heterocycles. The number of nitriles is 1. The first kappa shape index (κ1) is 22.5. The summed E-state index contributed by atoms with van der Waals surface area (Å²) in [6, 6.07) is 2.48. The quantitative estimate of drug-likeness (QED) is 0.359. The Kier molecular flexibility index (Phi) is 7.79. The second-order valence-corrected chi connectivity index (χ2v) is 8.76. The van der Waals surface area contributed by atoms with Crippen LogP contribution in [-0.2, 0) is 22.4 Å². The van der Waals surface area contributed by atoms with E-state index in [1.807, 2.05) is 0 Å². The van der Waals surface area contributed by atoms with Gasteiger partial charge in [0, 0.05) is 29.4 Å². The van der Waals surface area contributed by atoms with Crippen LogP contribution in [0.3, 0.4) is 0 Å². The predicted octanol–water partition coefficient (Wildman–Crippen LogP) is 4.27. The summed E-state index contributed by atoms with van der Waals surface area (Å²) in [5, 5.41) is 15.8. The van der Waals surface area contributed by atoms with Crippen molar-refractivity contribution in [2.75, 3.05) is 11.9 Å². The van der Waals surface area contributed by atoms with Gasteiger partial charge in [-0.05, 0) is 61.7 Å². The molecule has 3 rings (SSSR count). The average Bonchev–Trinajstić information content (AvgIpc) is 3.07. The molecule has 0 aromatic carbocycles. The van der Waals surface area contributed by atoms with Crippen molar-refractivity contribution in [3.63, 3.8) is 0 Å². The number of allylic oxidation sites excluding steroid dienone is 2. The number of amides is 2. The molecule has 0 radical (unpaired) electrons. The molecule has 2 amide bonds. The van der Waals surface area contributed by atoms with Gasteiger partial charge in [0.15, 0.2) is 0 Å². The van der Waals surface area contributed by atoms with Gasteiger partial charge in [0.05, 0.1) is 12.2 Å². The minimum Gasteiger partial charge on any atom is -0.449 e. The van der Waals surface area contributed by atoms with Crippen LogP contribution in [0.2, 0.25) is 0 Å². The monoisotopic (exact) mass is 438 g/mol. The lowest BCUT2D eigenvalue weighted by molar-refractivity contribution is -0.111. The number of carbonyl (C=O) groups excluding carboxylic acids is 2. The fourth-order valence-corrected chi connectivity index (χ4v) is 4.80. The van der Waals surface area contributed by atoms with Crippen LogP contribution >= 0.6 is 11.3 Å². The van der Waals surface area contributed by atoms with Gasteiger partial charge in [0.2, 0.25) is 5.91 Å². The molecule has 1 fully saturated rings. The number of nitrogens with zero attached hydrogens (tertiary/aromatic N) is 2. The fraction of sp³-hybridized carbons (Fsp3) is 0.391. The summed E-state index contributed by atoms with van der Waals surface area (Å²) < 4.78 is 5.40. The van der Waals surface area contributed by atoms with Crippen molar-refractivity contribution in [1.29, 1.82) is 5.26 Å². The number of carbonyl (C=O) groups is 2. The molecule has 1 atom stereocenters. The number of ether oxygens (including phenoxy) is 1. The molecular formula is C23H26N4O3S. The van der Waals surface area contributed by atoms with E-state index >= 15 is 0 Å². The van der Waals surface area contributed by atoms with Gasteiger partial charge in [-0.15, -0.1) is 11.3 Å². The molecule has 1 aromatic rings. The highest BCUT2D eigenvalue weighted by Gasteiger charge is 2.27. The Hall–Kier alpha value is -3.18. The minimum atomic E-state index is -0.348. The number of rotatable bonds is 8. The predicted molar refractivity (Wildman–Crippen MR) is 122 cm³/mol. The van der Waals surface area contributed by atoms with E-state index in [9.17, 15) is 14.9 Å². The van der Waals surface area contributed by atoms with Crippen molar-refractivity contribution in [2.45, 2.75) is 44.6 Å². The summed E-state index contributed by atoms with van der Waals surface area (Å²) >= 11 is 1.42. The normalized spacial score (nSPS) is 18.1. The molecule has 0 spiro atoms. The minimum absolute atomic E-state index is 0.209. The Morgan fingerprint density at radius 1 is 1.32 bits per heavy atom. The van der Waals surface area contributed by atoms with Crippen molar-refractivity contribution in [3.05, 3.63) is 53.1 Å². The highest BCUT2D eigenvalue weighted by Crippen LogP contribution is 2.39. The van der Waals surface area contributed by atoms with E-state index in [4.69, 9.17) is 4.74 Å². The number of thiophene rings is 1. The number of anilines is 1. The molecule has 1 saturated carbocycles. The molecule has 2 aliphatic rings. The summed E-state index contributed by atoms with van der Waals surface area (Å²) in [7, 11) is 0. The zero-order valence-electron chi connectivity index (χ0n) is 17.4. The summed E-state index contributed by atoms with van der Waals surface area (Å²) in [4.78, 5) is 29.0. The van der Waals surface area contributed by atoms with Crippen LogP contribution < -0.4 is 10.6 Å². The maximum absolute atomic E-state index is 12.3. The second-order valence-electron chi connectivity index (χ2n) is 7.66. The second kappa shape index (κ2) is 10.7. The number of hydrogen-bond acceptors (Lipinski definition) is 6. The van der Waals surface area contributed by atoms with Crippen LogP contribution in [0.5, 0.6) is 0 Å². The number of alkyl carbamates (subject to hydrolysis) is 1. The summed E-state index contributed by atoms with van der Waals surface area (Å²) in [5.74, 6) is -0.128.